The highest BCUT2D eigenvalue weighted by molar-refractivity contribution is 7.16. The quantitative estimate of drug-likeness (QED) is 0.639. The zero-order chi connectivity index (χ0) is 19.8. The average molecular weight is 407 g/mol. The Hall–Kier alpha value is -2.70. The van der Waals surface area contributed by atoms with Crippen LogP contribution < -0.4 is 10.6 Å². The van der Waals surface area contributed by atoms with Crippen molar-refractivity contribution in [3.05, 3.63) is 76.4 Å². The Kier molecular flexibility index (Phi) is 4.81. The molecule has 3 aromatic rings. The molecular weight excluding hydrogens is 383 g/mol. The van der Waals surface area contributed by atoms with Crippen molar-refractivity contribution in [2.24, 2.45) is 4.99 Å². The first kappa shape index (κ1) is 18.3. The van der Waals surface area contributed by atoms with Crippen LogP contribution in [0.5, 0.6) is 0 Å². The van der Waals surface area contributed by atoms with Crippen molar-refractivity contribution in [3.63, 3.8) is 0 Å². The molecule has 1 aromatic heterocycles. The molecule has 1 atom stereocenters. The molecule has 0 bridgehead atoms. The number of hydrogen-bond donors (Lipinski definition) is 2. The highest BCUT2D eigenvalue weighted by Crippen LogP contribution is 2.39. The molecule has 0 saturated carbocycles. The lowest BCUT2D eigenvalue weighted by atomic mass is 10.0. The predicted molar refractivity (Wildman–Crippen MR) is 118 cm³/mol. The molecule has 0 amide bonds. The molecule has 148 valence electrons. The molecule has 0 unspecified atom stereocenters. The van der Waals surface area contributed by atoms with Gasteiger partial charge in [-0.15, -0.1) is 11.3 Å². The van der Waals surface area contributed by atoms with Crippen LogP contribution in [0.3, 0.4) is 0 Å². The van der Waals surface area contributed by atoms with Gasteiger partial charge in [0.2, 0.25) is 0 Å². The van der Waals surface area contributed by atoms with E-state index < -0.39 is 0 Å². The summed E-state index contributed by atoms with van der Waals surface area (Å²) in [6.07, 6.45) is 0.798. The van der Waals surface area contributed by atoms with Crippen LogP contribution >= 0.6 is 11.3 Å². The Bertz CT molecular complexity index is 1070. The maximum Gasteiger partial charge on any atom is 0.139 e. The first-order valence-corrected chi connectivity index (χ1v) is 10.8. The second kappa shape index (κ2) is 7.61. The van der Waals surface area contributed by atoms with Crippen LogP contribution in [-0.4, -0.2) is 36.4 Å². The Morgan fingerprint density at radius 3 is 2.97 bits per heavy atom. The van der Waals surface area contributed by atoms with Gasteiger partial charge in [0, 0.05) is 30.6 Å². The monoisotopic (exact) mass is 406 g/mol. The first-order valence-electron chi connectivity index (χ1n) is 9.94. The number of fused-ring (bicyclic) bond motifs is 2. The number of piperazine rings is 1. The van der Waals surface area contributed by atoms with Gasteiger partial charge in [-0.3, -0.25) is 0 Å². The molecule has 6 heteroatoms. The molecule has 0 aliphatic carbocycles. The molecule has 4 nitrogen and oxygen atoms in total. The summed E-state index contributed by atoms with van der Waals surface area (Å²) in [5.41, 5.74) is 4.18. The van der Waals surface area contributed by atoms with E-state index in [4.69, 9.17) is 4.99 Å². The fraction of sp³-hybridized carbons (Fsp3) is 0.261. The van der Waals surface area contributed by atoms with Crippen molar-refractivity contribution in [2.75, 3.05) is 25.0 Å². The van der Waals surface area contributed by atoms with Gasteiger partial charge < -0.3 is 15.5 Å². The SMILES string of the molecule is Cc1cc2c(s1)Nc1ccccc1N=C2N1CCN[C@@H](Cc2cccc(F)c2)C1. The van der Waals surface area contributed by atoms with E-state index in [1.54, 1.807) is 23.5 Å². The highest BCUT2D eigenvalue weighted by atomic mass is 32.1. The number of hydrogen-bond acceptors (Lipinski definition) is 5. The number of nitrogens with zero attached hydrogens (tertiary/aromatic N) is 2. The van der Waals surface area contributed by atoms with E-state index in [9.17, 15) is 4.39 Å². The summed E-state index contributed by atoms with van der Waals surface area (Å²) in [4.78, 5) is 8.71. The number of anilines is 2. The summed E-state index contributed by atoms with van der Waals surface area (Å²) >= 11 is 1.76. The number of halogens is 1. The second-order valence-electron chi connectivity index (χ2n) is 7.61. The molecule has 29 heavy (non-hydrogen) atoms. The summed E-state index contributed by atoms with van der Waals surface area (Å²) in [5.74, 6) is 0.844. The molecule has 5 rings (SSSR count). The van der Waals surface area contributed by atoms with Gasteiger partial charge >= 0.3 is 0 Å². The molecule has 1 saturated heterocycles. The molecule has 1 fully saturated rings. The van der Waals surface area contributed by atoms with Crippen molar-refractivity contribution >= 4 is 33.5 Å². The fourth-order valence-corrected chi connectivity index (χ4v) is 5.01. The van der Waals surface area contributed by atoms with Crippen LogP contribution in [-0.2, 0) is 6.42 Å². The molecule has 2 N–H and O–H groups in total. The molecule has 0 spiro atoms. The Labute approximate surface area is 174 Å². The Balaban J connectivity index is 1.46. The van der Waals surface area contributed by atoms with Crippen LogP contribution in [0, 0.1) is 12.7 Å². The van der Waals surface area contributed by atoms with Crippen molar-refractivity contribution in [1.29, 1.82) is 0 Å². The van der Waals surface area contributed by atoms with Gasteiger partial charge in [0.15, 0.2) is 0 Å². The first-order chi connectivity index (χ1) is 14.2. The smallest absolute Gasteiger partial charge is 0.139 e. The molecule has 0 radical (unpaired) electrons. The van der Waals surface area contributed by atoms with E-state index in [1.807, 2.05) is 18.2 Å². The number of aliphatic imine (C=N–C) groups is 1. The fourth-order valence-electron chi connectivity index (χ4n) is 4.09. The Morgan fingerprint density at radius 2 is 2.07 bits per heavy atom. The summed E-state index contributed by atoms with van der Waals surface area (Å²) in [6.45, 7) is 4.75. The van der Waals surface area contributed by atoms with E-state index in [1.165, 1.54) is 10.9 Å². The summed E-state index contributed by atoms with van der Waals surface area (Å²) in [6, 6.07) is 17.6. The third-order valence-corrected chi connectivity index (χ3v) is 6.37. The van der Waals surface area contributed by atoms with Gasteiger partial charge in [0.05, 0.1) is 16.9 Å². The zero-order valence-electron chi connectivity index (χ0n) is 16.3. The number of nitrogens with one attached hydrogen (secondary N) is 2. The minimum atomic E-state index is -0.176. The van der Waals surface area contributed by atoms with E-state index in [2.05, 4.69) is 40.7 Å². The molecule has 2 aliphatic heterocycles. The number of aryl methyl sites for hydroxylation is 1. The Morgan fingerprint density at radius 1 is 1.17 bits per heavy atom. The standard InChI is InChI=1S/C23H23FN4S/c1-15-11-19-22(26-20-7-2-3-8-21(20)27-23(19)29-15)28-10-9-25-18(14-28)13-16-5-4-6-17(24)12-16/h2-8,11-12,18,25,27H,9-10,13-14H2,1H3/t18-/m0/s1. The van der Waals surface area contributed by atoms with Crippen molar-refractivity contribution in [1.82, 2.24) is 10.2 Å². The van der Waals surface area contributed by atoms with E-state index in [0.29, 0.717) is 0 Å². The summed E-state index contributed by atoms with van der Waals surface area (Å²) < 4.78 is 13.6. The number of para-hydroxylation sites is 2. The second-order valence-corrected chi connectivity index (χ2v) is 8.86. The third-order valence-electron chi connectivity index (χ3n) is 5.40. The number of benzene rings is 2. The van der Waals surface area contributed by atoms with E-state index in [-0.39, 0.29) is 11.9 Å². The van der Waals surface area contributed by atoms with Crippen molar-refractivity contribution in [2.45, 2.75) is 19.4 Å². The molecular formula is C23H23FN4S. The molecule has 2 aromatic carbocycles. The summed E-state index contributed by atoms with van der Waals surface area (Å²) in [5, 5.41) is 8.30. The molecule has 2 aliphatic rings. The van der Waals surface area contributed by atoms with Gasteiger partial charge in [-0.25, -0.2) is 9.38 Å². The lowest BCUT2D eigenvalue weighted by Crippen LogP contribution is -2.53. The van der Waals surface area contributed by atoms with E-state index >= 15 is 0 Å². The number of rotatable bonds is 2. The lowest BCUT2D eigenvalue weighted by Gasteiger charge is -2.36. The van der Waals surface area contributed by atoms with E-state index in [0.717, 1.165) is 59.4 Å². The number of amidine groups is 1. The van der Waals surface area contributed by atoms with Crippen LogP contribution in [0.25, 0.3) is 0 Å². The third kappa shape index (κ3) is 3.78. The van der Waals surface area contributed by atoms with Crippen LogP contribution in [0.2, 0.25) is 0 Å². The summed E-state index contributed by atoms with van der Waals surface area (Å²) in [7, 11) is 0. The minimum absolute atomic E-state index is 0.176. The highest BCUT2D eigenvalue weighted by Gasteiger charge is 2.27. The maximum absolute atomic E-state index is 13.6. The largest absolute Gasteiger partial charge is 0.353 e. The topological polar surface area (TPSA) is 39.7 Å². The van der Waals surface area contributed by atoms with Gasteiger partial charge in [-0.05, 0) is 49.2 Å². The zero-order valence-corrected chi connectivity index (χ0v) is 17.1. The van der Waals surface area contributed by atoms with Crippen molar-refractivity contribution in [3.8, 4) is 0 Å². The lowest BCUT2D eigenvalue weighted by molar-refractivity contribution is 0.290. The number of thiophene rings is 1. The molecule has 3 heterocycles. The van der Waals surface area contributed by atoms with Gasteiger partial charge in [0.25, 0.3) is 0 Å². The van der Waals surface area contributed by atoms with Crippen LogP contribution in [0.4, 0.5) is 20.8 Å². The predicted octanol–water partition coefficient (Wildman–Crippen LogP) is 4.85. The van der Waals surface area contributed by atoms with Gasteiger partial charge in [-0.1, -0.05) is 24.3 Å². The van der Waals surface area contributed by atoms with Crippen LogP contribution in [0.15, 0.2) is 59.6 Å². The van der Waals surface area contributed by atoms with Crippen molar-refractivity contribution < 1.29 is 4.39 Å². The maximum atomic E-state index is 13.6. The normalized spacial score (nSPS) is 18.3. The van der Waals surface area contributed by atoms with Gasteiger partial charge in [-0.2, -0.15) is 0 Å². The average Bonchev–Trinajstić information content (AvgIpc) is 2.99. The van der Waals surface area contributed by atoms with Gasteiger partial charge in [0.1, 0.15) is 16.7 Å². The van der Waals surface area contributed by atoms with Crippen LogP contribution in [0.1, 0.15) is 16.0 Å². The minimum Gasteiger partial charge on any atom is -0.353 e.